The van der Waals surface area contributed by atoms with Crippen molar-refractivity contribution >= 4 is 15.9 Å². The van der Waals surface area contributed by atoms with E-state index in [9.17, 15) is 0 Å². The van der Waals surface area contributed by atoms with Gasteiger partial charge < -0.3 is 10.5 Å². The van der Waals surface area contributed by atoms with E-state index in [1.807, 2.05) is 0 Å². The van der Waals surface area contributed by atoms with Crippen molar-refractivity contribution in [1.82, 2.24) is 0 Å². The molecule has 0 spiro atoms. The lowest BCUT2D eigenvalue weighted by molar-refractivity contribution is 0.0447. The standard InChI is InChI=1S/C13H18BrNO/c1-9-11(5-2-6-12(9)14)13(15)10-4-3-7-16-8-10/h2,5-6,10,13H,3-4,7-8,15H2,1H3. The topological polar surface area (TPSA) is 35.2 Å². The molecule has 1 fully saturated rings. The van der Waals surface area contributed by atoms with Crippen molar-refractivity contribution in [3.8, 4) is 0 Å². The van der Waals surface area contributed by atoms with Crippen molar-refractivity contribution in [2.45, 2.75) is 25.8 Å². The van der Waals surface area contributed by atoms with Gasteiger partial charge in [-0.3, -0.25) is 0 Å². The Morgan fingerprint density at radius 3 is 3.00 bits per heavy atom. The second-order valence-corrected chi connectivity index (χ2v) is 5.31. The predicted molar refractivity (Wildman–Crippen MR) is 69.4 cm³/mol. The minimum absolute atomic E-state index is 0.0952. The molecule has 2 nitrogen and oxygen atoms in total. The third-order valence-corrected chi connectivity index (χ3v) is 4.23. The fraction of sp³-hybridized carbons (Fsp3) is 0.538. The number of benzene rings is 1. The Bertz CT molecular complexity index is 361. The molecule has 1 saturated heterocycles. The largest absolute Gasteiger partial charge is 0.381 e. The molecule has 0 aromatic heterocycles. The van der Waals surface area contributed by atoms with Crippen LogP contribution in [-0.2, 0) is 4.74 Å². The molecule has 1 aliphatic heterocycles. The molecule has 2 atom stereocenters. The maximum Gasteiger partial charge on any atom is 0.0512 e. The molecule has 2 unspecified atom stereocenters. The van der Waals surface area contributed by atoms with Crippen LogP contribution in [0.2, 0.25) is 0 Å². The van der Waals surface area contributed by atoms with Gasteiger partial charge >= 0.3 is 0 Å². The van der Waals surface area contributed by atoms with Crippen LogP contribution in [0.4, 0.5) is 0 Å². The Morgan fingerprint density at radius 1 is 1.50 bits per heavy atom. The fourth-order valence-electron chi connectivity index (χ4n) is 2.29. The minimum Gasteiger partial charge on any atom is -0.381 e. The Kier molecular flexibility index (Phi) is 4.00. The molecule has 16 heavy (non-hydrogen) atoms. The van der Waals surface area contributed by atoms with Crippen LogP contribution in [0.1, 0.15) is 30.0 Å². The lowest BCUT2D eigenvalue weighted by Gasteiger charge is -2.28. The summed E-state index contributed by atoms with van der Waals surface area (Å²) in [7, 11) is 0. The van der Waals surface area contributed by atoms with Crippen LogP contribution in [0.15, 0.2) is 22.7 Å². The maximum absolute atomic E-state index is 6.34. The summed E-state index contributed by atoms with van der Waals surface area (Å²) in [6.45, 7) is 3.80. The fourth-order valence-corrected chi connectivity index (χ4v) is 2.67. The van der Waals surface area contributed by atoms with Gasteiger partial charge in [0.2, 0.25) is 0 Å². The average molecular weight is 284 g/mol. The Labute approximate surface area is 105 Å². The minimum atomic E-state index is 0.0952. The summed E-state index contributed by atoms with van der Waals surface area (Å²) < 4.78 is 6.64. The molecule has 0 amide bonds. The third kappa shape index (κ3) is 2.47. The van der Waals surface area contributed by atoms with Gasteiger partial charge in [-0.15, -0.1) is 0 Å². The predicted octanol–water partition coefficient (Wildman–Crippen LogP) is 3.18. The third-order valence-electron chi connectivity index (χ3n) is 3.37. The van der Waals surface area contributed by atoms with Crippen molar-refractivity contribution < 1.29 is 4.74 Å². The summed E-state index contributed by atoms with van der Waals surface area (Å²) in [4.78, 5) is 0. The molecular formula is C13H18BrNO. The second kappa shape index (κ2) is 5.30. The summed E-state index contributed by atoms with van der Waals surface area (Å²) in [5.74, 6) is 0.460. The van der Waals surface area contributed by atoms with Crippen molar-refractivity contribution in [3.05, 3.63) is 33.8 Å². The molecule has 3 heteroatoms. The zero-order valence-electron chi connectivity index (χ0n) is 9.58. The van der Waals surface area contributed by atoms with Gasteiger partial charge in [-0.1, -0.05) is 28.1 Å². The van der Waals surface area contributed by atoms with E-state index in [4.69, 9.17) is 10.5 Å². The van der Waals surface area contributed by atoms with E-state index in [2.05, 4.69) is 41.1 Å². The van der Waals surface area contributed by atoms with E-state index in [1.54, 1.807) is 0 Å². The van der Waals surface area contributed by atoms with Crippen molar-refractivity contribution in [2.75, 3.05) is 13.2 Å². The van der Waals surface area contributed by atoms with Crippen LogP contribution >= 0.6 is 15.9 Å². The zero-order chi connectivity index (χ0) is 11.5. The molecule has 1 aliphatic rings. The van der Waals surface area contributed by atoms with Gasteiger partial charge in [0.1, 0.15) is 0 Å². The first kappa shape index (κ1) is 12.1. The van der Waals surface area contributed by atoms with Gasteiger partial charge in [-0.2, -0.15) is 0 Å². The van der Waals surface area contributed by atoms with E-state index < -0.39 is 0 Å². The van der Waals surface area contributed by atoms with Crippen LogP contribution in [0.5, 0.6) is 0 Å². The van der Waals surface area contributed by atoms with Gasteiger partial charge in [0.25, 0.3) is 0 Å². The summed E-state index contributed by atoms with van der Waals surface area (Å²) in [5, 5.41) is 0. The molecule has 0 aliphatic carbocycles. The summed E-state index contributed by atoms with van der Waals surface area (Å²) in [6.07, 6.45) is 2.30. The molecule has 1 aromatic rings. The van der Waals surface area contributed by atoms with Crippen molar-refractivity contribution in [2.24, 2.45) is 11.7 Å². The van der Waals surface area contributed by atoms with E-state index >= 15 is 0 Å². The number of hydrogen-bond acceptors (Lipinski definition) is 2. The SMILES string of the molecule is Cc1c(Br)cccc1C(N)C1CCCOC1. The van der Waals surface area contributed by atoms with E-state index in [-0.39, 0.29) is 6.04 Å². The van der Waals surface area contributed by atoms with Crippen LogP contribution in [0.25, 0.3) is 0 Å². The van der Waals surface area contributed by atoms with Gasteiger partial charge in [-0.05, 0) is 37.0 Å². The molecule has 1 heterocycles. The van der Waals surface area contributed by atoms with Crippen LogP contribution in [0, 0.1) is 12.8 Å². The lowest BCUT2D eigenvalue weighted by Crippen LogP contribution is -2.29. The first-order valence-corrected chi connectivity index (χ1v) is 6.58. The highest BCUT2D eigenvalue weighted by molar-refractivity contribution is 9.10. The number of rotatable bonds is 2. The number of halogens is 1. The van der Waals surface area contributed by atoms with Gasteiger partial charge in [0.15, 0.2) is 0 Å². The molecule has 2 rings (SSSR count). The lowest BCUT2D eigenvalue weighted by atomic mass is 9.87. The highest BCUT2D eigenvalue weighted by atomic mass is 79.9. The maximum atomic E-state index is 6.34. The Hall–Kier alpha value is -0.380. The first-order valence-electron chi connectivity index (χ1n) is 5.78. The van der Waals surface area contributed by atoms with Crippen LogP contribution < -0.4 is 5.73 Å². The smallest absolute Gasteiger partial charge is 0.0512 e. The van der Waals surface area contributed by atoms with Crippen LogP contribution in [0.3, 0.4) is 0 Å². The first-order chi connectivity index (χ1) is 7.70. The van der Waals surface area contributed by atoms with Gasteiger partial charge in [0.05, 0.1) is 6.61 Å². The number of hydrogen-bond donors (Lipinski definition) is 1. The number of nitrogens with two attached hydrogens (primary N) is 1. The van der Waals surface area contributed by atoms with Crippen LogP contribution in [-0.4, -0.2) is 13.2 Å². The zero-order valence-corrected chi connectivity index (χ0v) is 11.2. The normalized spacial score (nSPS) is 23.1. The highest BCUT2D eigenvalue weighted by Gasteiger charge is 2.23. The average Bonchev–Trinajstić information content (AvgIpc) is 2.33. The number of ether oxygens (including phenoxy) is 1. The molecule has 88 valence electrons. The van der Waals surface area contributed by atoms with Gasteiger partial charge in [-0.25, -0.2) is 0 Å². The summed E-state index contributed by atoms with van der Waals surface area (Å²) >= 11 is 3.55. The quantitative estimate of drug-likeness (QED) is 0.905. The van der Waals surface area contributed by atoms with Crippen molar-refractivity contribution in [3.63, 3.8) is 0 Å². The van der Waals surface area contributed by atoms with Gasteiger partial charge in [0, 0.05) is 23.0 Å². The Balaban J connectivity index is 2.19. The van der Waals surface area contributed by atoms with E-state index in [0.29, 0.717) is 5.92 Å². The summed E-state index contributed by atoms with van der Waals surface area (Å²) in [6, 6.07) is 6.33. The Morgan fingerprint density at radius 2 is 2.31 bits per heavy atom. The molecular weight excluding hydrogens is 266 g/mol. The molecule has 2 N–H and O–H groups in total. The monoisotopic (exact) mass is 283 g/mol. The van der Waals surface area contributed by atoms with E-state index in [1.165, 1.54) is 17.5 Å². The molecule has 0 saturated carbocycles. The van der Waals surface area contributed by atoms with Crippen molar-refractivity contribution in [1.29, 1.82) is 0 Å². The second-order valence-electron chi connectivity index (χ2n) is 4.46. The highest BCUT2D eigenvalue weighted by Crippen LogP contribution is 2.31. The molecule has 0 radical (unpaired) electrons. The summed E-state index contributed by atoms with van der Waals surface area (Å²) in [5.41, 5.74) is 8.83. The van der Waals surface area contributed by atoms with E-state index in [0.717, 1.165) is 24.1 Å². The molecule has 1 aromatic carbocycles. The molecule has 0 bridgehead atoms.